The van der Waals surface area contributed by atoms with E-state index in [1.807, 2.05) is 11.8 Å². The lowest BCUT2D eigenvalue weighted by Gasteiger charge is -2.21. The van der Waals surface area contributed by atoms with Crippen molar-refractivity contribution in [2.24, 2.45) is 5.73 Å². The van der Waals surface area contributed by atoms with Gasteiger partial charge in [0.1, 0.15) is 4.21 Å². The SMILES string of the molecule is NCc1csc(S(=O)(=O)NC2CCSCC2)c1. The van der Waals surface area contributed by atoms with E-state index in [4.69, 9.17) is 5.73 Å². The maximum Gasteiger partial charge on any atom is 0.250 e. The summed E-state index contributed by atoms with van der Waals surface area (Å²) in [5.41, 5.74) is 6.35. The van der Waals surface area contributed by atoms with Crippen LogP contribution in [0.3, 0.4) is 0 Å². The lowest BCUT2D eigenvalue weighted by atomic mass is 10.2. The molecule has 1 fully saturated rings. The molecule has 1 aromatic heterocycles. The zero-order chi connectivity index (χ0) is 12.3. The molecule has 1 aliphatic heterocycles. The normalized spacial score (nSPS) is 18.4. The monoisotopic (exact) mass is 292 g/mol. The molecule has 96 valence electrons. The van der Waals surface area contributed by atoms with Gasteiger partial charge in [-0.2, -0.15) is 11.8 Å². The second kappa shape index (κ2) is 5.71. The zero-order valence-corrected chi connectivity index (χ0v) is 11.8. The first kappa shape index (κ1) is 13.4. The highest BCUT2D eigenvalue weighted by molar-refractivity contribution is 7.99. The lowest BCUT2D eigenvalue weighted by molar-refractivity contribution is 0.530. The number of nitrogens with two attached hydrogens (primary N) is 1. The van der Waals surface area contributed by atoms with Crippen molar-refractivity contribution in [3.63, 3.8) is 0 Å². The minimum absolute atomic E-state index is 0.0877. The van der Waals surface area contributed by atoms with Crippen LogP contribution in [0.25, 0.3) is 0 Å². The molecule has 0 unspecified atom stereocenters. The molecule has 17 heavy (non-hydrogen) atoms. The van der Waals surface area contributed by atoms with E-state index in [-0.39, 0.29) is 6.04 Å². The van der Waals surface area contributed by atoms with E-state index in [0.717, 1.165) is 29.9 Å². The van der Waals surface area contributed by atoms with E-state index < -0.39 is 10.0 Å². The van der Waals surface area contributed by atoms with Gasteiger partial charge in [0, 0.05) is 12.6 Å². The highest BCUT2D eigenvalue weighted by Crippen LogP contribution is 2.23. The van der Waals surface area contributed by atoms with Gasteiger partial charge < -0.3 is 5.73 Å². The molecule has 3 N–H and O–H groups in total. The van der Waals surface area contributed by atoms with Crippen molar-refractivity contribution in [2.45, 2.75) is 29.6 Å². The Bertz CT molecular complexity index is 464. The van der Waals surface area contributed by atoms with Crippen molar-refractivity contribution in [1.82, 2.24) is 4.72 Å². The Balaban J connectivity index is 2.07. The molecule has 1 aromatic rings. The van der Waals surface area contributed by atoms with Crippen LogP contribution in [0.4, 0.5) is 0 Å². The van der Waals surface area contributed by atoms with Gasteiger partial charge in [0.15, 0.2) is 0 Å². The highest BCUT2D eigenvalue weighted by atomic mass is 32.2. The van der Waals surface area contributed by atoms with Crippen LogP contribution >= 0.6 is 23.1 Å². The topological polar surface area (TPSA) is 72.2 Å². The summed E-state index contributed by atoms with van der Waals surface area (Å²) < 4.78 is 27.3. The zero-order valence-electron chi connectivity index (χ0n) is 9.39. The average Bonchev–Trinajstić information content (AvgIpc) is 2.79. The summed E-state index contributed by atoms with van der Waals surface area (Å²) in [5, 5.41) is 1.80. The van der Waals surface area contributed by atoms with E-state index in [0.29, 0.717) is 10.8 Å². The van der Waals surface area contributed by atoms with Crippen molar-refractivity contribution in [3.8, 4) is 0 Å². The Kier molecular flexibility index (Phi) is 4.48. The van der Waals surface area contributed by atoms with E-state index in [1.54, 1.807) is 11.4 Å². The Morgan fingerprint density at radius 2 is 2.12 bits per heavy atom. The minimum Gasteiger partial charge on any atom is -0.326 e. The molecule has 0 spiro atoms. The Labute approximate surface area is 110 Å². The lowest BCUT2D eigenvalue weighted by Crippen LogP contribution is -2.36. The summed E-state index contributed by atoms with van der Waals surface area (Å²) in [7, 11) is -3.35. The van der Waals surface area contributed by atoms with Gasteiger partial charge >= 0.3 is 0 Å². The predicted molar refractivity (Wildman–Crippen MR) is 72.9 cm³/mol. The molecule has 1 aliphatic rings. The van der Waals surface area contributed by atoms with Crippen molar-refractivity contribution >= 4 is 33.1 Å². The maximum absolute atomic E-state index is 12.1. The molecule has 0 aliphatic carbocycles. The largest absolute Gasteiger partial charge is 0.326 e. The van der Waals surface area contributed by atoms with Crippen LogP contribution < -0.4 is 10.5 Å². The number of thioether (sulfide) groups is 1. The van der Waals surface area contributed by atoms with Gasteiger partial charge in [0.25, 0.3) is 0 Å². The number of rotatable bonds is 4. The van der Waals surface area contributed by atoms with Crippen LogP contribution in [0.15, 0.2) is 15.7 Å². The highest BCUT2D eigenvalue weighted by Gasteiger charge is 2.23. The van der Waals surface area contributed by atoms with Crippen LogP contribution in [-0.2, 0) is 16.6 Å². The Morgan fingerprint density at radius 3 is 2.71 bits per heavy atom. The van der Waals surface area contributed by atoms with Crippen molar-refractivity contribution in [2.75, 3.05) is 11.5 Å². The van der Waals surface area contributed by atoms with E-state index in [2.05, 4.69) is 4.72 Å². The van der Waals surface area contributed by atoms with Gasteiger partial charge in [-0.1, -0.05) is 0 Å². The summed E-state index contributed by atoms with van der Waals surface area (Å²) in [6.45, 7) is 0.381. The van der Waals surface area contributed by atoms with Gasteiger partial charge in [0.05, 0.1) is 0 Å². The van der Waals surface area contributed by atoms with Gasteiger partial charge in [-0.05, 0) is 41.4 Å². The van der Waals surface area contributed by atoms with E-state index >= 15 is 0 Å². The van der Waals surface area contributed by atoms with Gasteiger partial charge in [-0.25, -0.2) is 13.1 Å². The molecule has 2 heterocycles. The third-order valence-corrected chi connectivity index (χ3v) is 6.73. The molecule has 0 aromatic carbocycles. The second-order valence-corrected chi connectivity index (χ2v) is 8.06. The number of hydrogen-bond donors (Lipinski definition) is 2. The van der Waals surface area contributed by atoms with E-state index in [1.165, 1.54) is 11.3 Å². The molecule has 0 atom stereocenters. The molecular formula is C10H16N2O2S3. The first-order valence-corrected chi connectivity index (χ1v) is 9.01. The smallest absolute Gasteiger partial charge is 0.250 e. The predicted octanol–water partition coefficient (Wildman–Crippen LogP) is 1.38. The molecule has 2 rings (SSSR count). The first-order valence-electron chi connectivity index (χ1n) is 5.49. The number of hydrogen-bond acceptors (Lipinski definition) is 5. The summed E-state index contributed by atoms with van der Waals surface area (Å²) in [6, 6.07) is 1.74. The molecule has 0 saturated carbocycles. The fraction of sp³-hybridized carbons (Fsp3) is 0.600. The second-order valence-electron chi connectivity index (χ2n) is 3.99. The minimum atomic E-state index is -3.35. The van der Waals surface area contributed by atoms with Crippen LogP contribution in [-0.4, -0.2) is 26.0 Å². The fourth-order valence-corrected chi connectivity index (χ4v) is 5.34. The maximum atomic E-state index is 12.1. The molecule has 0 amide bonds. The summed E-state index contributed by atoms with van der Waals surface area (Å²) >= 11 is 3.11. The summed E-state index contributed by atoms with van der Waals surface area (Å²) in [5.74, 6) is 2.07. The first-order chi connectivity index (χ1) is 8.12. The molecular weight excluding hydrogens is 276 g/mol. The van der Waals surface area contributed by atoms with Crippen molar-refractivity contribution in [1.29, 1.82) is 0 Å². The average molecular weight is 292 g/mol. The van der Waals surface area contributed by atoms with Crippen molar-refractivity contribution < 1.29 is 8.42 Å². The summed E-state index contributed by atoms with van der Waals surface area (Å²) in [4.78, 5) is 0. The van der Waals surface area contributed by atoms with Gasteiger partial charge in [0.2, 0.25) is 10.0 Å². The Hall–Kier alpha value is -0.0800. The van der Waals surface area contributed by atoms with E-state index in [9.17, 15) is 8.42 Å². The molecule has 4 nitrogen and oxygen atoms in total. The molecule has 1 saturated heterocycles. The number of sulfonamides is 1. The standard InChI is InChI=1S/C10H16N2O2S3/c11-6-8-5-10(16-7-8)17(13,14)12-9-1-3-15-4-2-9/h5,7,9,12H,1-4,6,11H2. The third kappa shape index (κ3) is 3.45. The van der Waals surface area contributed by atoms with Crippen LogP contribution in [0.1, 0.15) is 18.4 Å². The third-order valence-electron chi connectivity index (χ3n) is 2.67. The summed E-state index contributed by atoms with van der Waals surface area (Å²) in [6.07, 6.45) is 1.83. The van der Waals surface area contributed by atoms with Gasteiger partial charge in [-0.15, -0.1) is 11.3 Å². The van der Waals surface area contributed by atoms with Crippen LogP contribution in [0.5, 0.6) is 0 Å². The molecule has 0 bridgehead atoms. The molecule has 7 heteroatoms. The number of thiophene rings is 1. The quantitative estimate of drug-likeness (QED) is 0.879. The Morgan fingerprint density at radius 1 is 1.41 bits per heavy atom. The van der Waals surface area contributed by atoms with Gasteiger partial charge in [-0.3, -0.25) is 0 Å². The fourth-order valence-electron chi connectivity index (χ4n) is 1.69. The molecule has 0 radical (unpaired) electrons. The van der Waals surface area contributed by atoms with Crippen LogP contribution in [0, 0.1) is 0 Å². The van der Waals surface area contributed by atoms with Crippen LogP contribution in [0.2, 0.25) is 0 Å². The van der Waals surface area contributed by atoms with Crippen molar-refractivity contribution in [3.05, 3.63) is 17.0 Å². The number of nitrogens with one attached hydrogen (secondary N) is 1.